The van der Waals surface area contributed by atoms with Crippen LogP contribution in [0.1, 0.15) is 62.3 Å². The second kappa shape index (κ2) is 16.1. The fourth-order valence-electron chi connectivity index (χ4n) is 6.29. The second-order valence-corrected chi connectivity index (χ2v) is 15.3. The lowest BCUT2D eigenvalue weighted by atomic mass is 10.1. The lowest BCUT2D eigenvalue weighted by Gasteiger charge is -2.36. The summed E-state index contributed by atoms with van der Waals surface area (Å²) in [6, 6.07) is 15.5. The predicted molar refractivity (Wildman–Crippen MR) is 208 cm³/mol. The van der Waals surface area contributed by atoms with Crippen molar-refractivity contribution in [1.82, 2.24) is 9.80 Å². The summed E-state index contributed by atoms with van der Waals surface area (Å²) in [6.07, 6.45) is -0.727. The number of imide groups is 1. The van der Waals surface area contributed by atoms with Crippen molar-refractivity contribution in [1.29, 1.82) is 0 Å². The van der Waals surface area contributed by atoms with E-state index >= 15 is 0 Å². The number of hydrogen-bond donors (Lipinski definition) is 1. The van der Waals surface area contributed by atoms with Crippen molar-refractivity contribution in [3.8, 4) is 0 Å². The van der Waals surface area contributed by atoms with Gasteiger partial charge in [-0.15, -0.1) is 0 Å². The van der Waals surface area contributed by atoms with E-state index in [2.05, 4.69) is 0 Å². The monoisotopic (exact) mass is 774 g/mol. The molecule has 2 N–H and O–H groups in total. The van der Waals surface area contributed by atoms with Crippen LogP contribution in [0.3, 0.4) is 0 Å². The van der Waals surface area contributed by atoms with E-state index in [4.69, 9.17) is 15.2 Å². The molecule has 2 fully saturated rings. The Labute approximate surface area is 323 Å². The number of rotatable bonds is 5. The zero-order valence-corrected chi connectivity index (χ0v) is 32.2. The van der Waals surface area contributed by atoms with E-state index < -0.39 is 39.0 Å². The maximum absolute atomic E-state index is 12.8. The van der Waals surface area contributed by atoms with Gasteiger partial charge < -0.3 is 34.8 Å². The maximum atomic E-state index is 12.8. The summed E-state index contributed by atoms with van der Waals surface area (Å²) < 4.78 is 10.7. The SMILES string of the molecule is CC(C)(C)OC(=O)N1CCN(c2ccc(N)c([N+](=O)[O-])c2)CC1.CC(C)(C)OC(=O)N1CCN(c2ccc(N3C(=O)c4ccccc4C3=O)c([N+](=O)[O-])c2)CC1. The van der Waals surface area contributed by atoms with Crippen molar-refractivity contribution in [3.05, 3.63) is 92.0 Å². The highest BCUT2D eigenvalue weighted by molar-refractivity contribution is 6.35. The Morgan fingerprint density at radius 2 is 1.02 bits per heavy atom. The molecular weight excluding hydrogens is 728 g/mol. The number of carbonyl (C=O) groups is 4. The van der Waals surface area contributed by atoms with Gasteiger partial charge in [-0.2, -0.15) is 0 Å². The Hall–Kier alpha value is -6.46. The molecule has 2 saturated heterocycles. The first-order valence-electron chi connectivity index (χ1n) is 18.0. The third kappa shape index (κ3) is 9.42. The van der Waals surface area contributed by atoms with Crippen LogP contribution in [-0.4, -0.2) is 107 Å². The minimum absolute atomic E-state index is 0.0673. The molecular formula is C38H46N8O10. The highest BCUT2D eigenvalue weighted by Crippen LogP contribution is 2.37. The number of piperazine rings is 2. The number of nitrogen functional groups attached to an aromatic ring is 1. The number of fused-ring (bicyclic) bond motifs is 1. The van der Waals surface area contributed by atoms with Gasteiger partial charge in [-0.3, -0.25) is 29.8 Å². The summed E-state index contributed by atoms with van der Waals surface area (Å²) in [6.45, 7) is 14.8. The van der Waals surface area contributed by atoms with Gasteiger partial charge >= 0.3 is 12.2 Å². The summed E-state index contributed by atoms with van der Waals surface area (Å²) in [5, 5.41) is 22.8. The summed E-state index contributed by atoms with van der Waals surface area (Å²) in [4.78, 5) is 79.6. The van der Waals surface area contributed by atoms with Gasteiger partial charge in [0.1, 0.15) is 22.6 Å². The van der Waals surface area contributed by atoms with Crippen LogP contribution < -0.4 is 20.4 Å². The van der Waals surface area contributed by atoms with Crippen molar-refractivity contribution in [2.24, 2.45) is 0 Å². The molecule has 0 unspecified atom stereocenters. The third-order valence-corrected chi connectivity index (χ3v) is 8.99. The van der Waals surface area contributed by atoms with Gasteiger partial charge in [-0.05, 0) is 77.9 Å². The summed E-state index contributed by atoms with van der Waals surface area (Å²) in [7, 11) is 0. The van der Waals surface area contributed by atoms with E-state index in [9.17, 15) is 39.4 Å². The first kappa shape index (κ1) is 40.7. The number of nitro benzene ring substituents is 2. The molecule has 3 aromatic carbocycles. The number of nitrogens with zero attached hydrogens (tertiary/aromatic N) is 7. The standard InChI is InChI=1S/C23H24N4O6.C15H22N4O4/c1-23(2,3)33-22(30)25-12-10-24(11-13-25)15-8-9-18(19(14-15)27(31)32)26-20(28)16-6-4-5-7-17(16)21(26)29;1-15(2,3)23-14(20)18-8-6-17(7-9-18)11-4-5-12(16)13(10-11)19(21)22/h4-9,14H,10-13H2,1-3H3;4-5,10H,6-9,16H2,1-3H3. The van der Waals surface area contributed by atoms with E-state index in [1.807, 2.05) is 30.6 Å². The summed E-state index contributed by atoms with van der Waals surface area (Å²) in [5.74, 6) is -1.17. The quantitative estimate of drug-likeness (QED) is 0.143. The fraction of sp³-hybridized carbons (Fsp3) is 0.421. The summed E-state index contributed by atoms with van der Waals surface area (Å²) >= 11 is 0. The van der Waals surface area contributed by atoms with E-state index in [-0.39, 0.29) is 40.0 Å². The van der Waals surface area contributed by atoms with Crippen molar-refractivity contribution in [2.75, 3.05) is 72.8 Å². The normalized spacial score (nSPS) is 15.9. The van der Waals surface area contributed by atoms with Crippen molar-refractivity contribution >= 4 is 58.1 Å². The van der Waals surface area contributed by atoms with Crippen molar-refractivity contribution in [3.63, 3.8) is 0 Å². The molecule has 0 saturated carbocycles. The van der Waals surface area contributed by atoms with E-state index in [1.165, 1.54) is 36.4 Å². The molecule has 56 heavy (non-hydrogen) atoms. The van der Waals surface area contributed by atoms with Gasteiger partial charge in [0.15, 0.2) is 0 Å². The van der Waals surface area contributed by atoms with Gasteiger partial charge in [0.2, 0.25) is 0 Å². The van der Waals surface area contributed by atoms with Gasteiger partial charge in [0.25, 0.3) is 23.2 Å². The van der Waals surface area contributed by atoms with Crippen LogP contribution >= 0.6 is 0 Å². The topological polar surface area (TPSA) is 215 Å². The molecule has 3 aliphatic rings. The molecule has 3 aromatic rings. The van der Waals surface area contributed by atoms with Gasteiger partial charge in [0.05, 0.1) is 21.0 Å². The molecule has 6 rings (SSSR count). The minimum atomic E-state index is -0.598. The Morgan fingerprint density at radius 3 is 1.41 bits per heavy atom. The van der Waals surface area contributed by atoms with Crippen LogP contribution in [-0.2, 0) is 9.47 Å². The molecule has 0 aromatic heterocycles. The second-order valence-electron chi connectivity index (χ2n) is 15.3. The minimum Gasteiger partial charge on any atom is -0.444 e. The molecule has 18 heteroatoms. The van der Waals surface area contributed by atoms with Crippen molar-refractivity contribution in [2.45, 2.75) is 52.7 Å². The maximum Gasteiger partial charge on any atom is 0.410 e. The van der Waals surface area contributed by atoms with E-state index in [0.717, 1.165) is 10.6 Å². The molecule has 18 nitrogen and oxygen atoms in total. The molecule has 0 aliphatic carbocycles. The Morgan fingerprint density at radius 1 is 0.625 bits per heavy atom. The van der Waals surface area contributed by atoms with Crippen LogP contribution in [0, 0.1) is 20.2 Å². The number of nitro groups is 2. The predicted octanol–water partition coefficient (Wildman–Crippen LogP) is 5.69. The highest BCUT2D eigenvalue weighted by atomic mass is 16.6. The number of amides is 4. The highest BCUT2D eigenvalue weighted by Gasteiger charge is 2.40. The van der Waals surface area contributed by atoms with Crippen LogP contribution in [0.2, 0.25) is 0 Å². The number of hydrogen-bond acceptors (Lipinski definition) is 13. The molecule has 0 bridgehead atoms. The van der Waals surface area contributed by atoms with Gasteiger partial charge in [0, 0.05) is 75.9 Å². The number of benzene rings is 3. The average molecular weight is 775 g/mol. The first-order valence-corrected chi connectivity index (χ1v) is 18.0. The zero-order valence-electron chi connectivity index (χ0n) is 32.2. The Bertz CT molecular complexity index is 1990. The van der Waals surface area contributed by atoms with Crippen molar-refractivity contribution < 1.29 is 38.5 Å². The van der Waals surface area contributed by atoms with Crippen LogP contribution in [0.25, 0.3) is 0 Å². The Kier molecular flexibility index (Phi) is 11.7. The number of nitrogens with two attached hydrogens (primary N) is 1. The lowest BCUT2D eigenvalue weighted by Crippen LogP contribution is -2.50. The van der Waals surface area contributed by atoms with Crippen LogP contribution in [0.15, 0.2) is 60.7 Å². The zero-order chi connectivity index (χ0) is 41.1. The smallest absolute Gasteiger partial charge is 0.410 e. The third-order valence-electron chi connectivity index (χ3n) is 8.99. The van der Waals surface area contributed by atoms with Crippen LogP contribution in [0.5, 0.6) is 0 Å². The van der Waals surface area contributed by atoms with Gasteiger partial charge in [-0.1, -0.05) is 12.1 Å². The summed E-state index contributed by atoms with van der Waals surface area (Å²) in [5.41, 5.74) is 5.89. The van der Waals surface area contributed by atoms with Crippen LogP contribution in [0.4, 0.5) is 43.7 Å². The van der Waals surface area contributed by atoms with Gasteiger partial charge in [-0.25, -0.2) is 14.5 Å². The molecule has 0 atom stereocenters. The fourth-order valence-corrected chi connectivity index (χ4v) is 6.29. The molecule has 4 amide bonds. The molecule has 298 valence electrons. The molecule has 3 aliphatic heterocycles. The molecule has 0 radical (unpaired) electrons. The lowest BCUT2D eigenvalue weighted by molar-refractivity contribution is -0.384. The largest absolute Gasteiger partial charge is 0.444 e. The average Bonchev–Trinajstić information content (AvgIpc) is 3.39. The van der Waals surface area contributed by atoms with E-state index in [1.54, 1.807) is 54.8 Å². The molecule has 3 heterocycles. The molecule has 0 spiro atoms. The number of ether oxygens (including phenoxy) is 2. The first-order chi connectivity index (χ1) is 26.2. The Balaban J connectivity index is 0.000000229. The number of carbonyl (C=O) groups excluding carboxylic acids is 4. The number of anilines is 4. The van der Waals surface area contributed by atoms with E-state index in [0.29, 0.717) is 58.0 Å².